The third kappa shape index (κ3) is 4.24. The molecule has 1 aromatic heterocycles. The Kier molecular flexibility index (Phi) is 6.13. The van der Waals surface area contributed by atoms with Crippen molar-refractivity contribution in [1.82, 2.24) is 30.4 Å². The van der Waals surface area contributed by atoms with Crippen molar-refractivity contribution in [2.45, 2.75) is 32.7 Å². The number of carbonyl (C=O) groups is 2. The van der Waals surface area contributed by atoms with Crippen molar-refractivity contribution in [3.05, 3.63) is 29.0 Å². The molecule has 0 atom stereocenters. The number of amides is 2. The summed E-state index contributed by atoms with van der Waals surface area (Å²) in [6, 6.07) is 3.16. The summed E-state index contributed by atoms with van der Waals surface area (Å²) in [6.07, 6.45) is 2.83. The molecule has 1 aliphatic rings. The second kappa shape index (κ2) is 8.55. The molecule has 9 nitrogen and oxygen atoms in total. The lowest BCUT2D eigenvalue weighted by molar-refractivity contribution is -0.135. The van der Waals surface area contributed by atoms with Gasteiger partial charge in [0.05, 0.1) is 23.4 Å². The molecule has 2 heterocycles. The molecule has 2 aromatic rings. The summed E-state index contributed by atoms with van der Waals surface area (Å²) in [5.74, 6) is 0.239. The fourth-order valence-corrected chi connectivity index (χ4v) is 3.46. The van der Waals surface area contributed by atoms with Crippen molar-refractivity contribution in [1.29, 1.82) is 0 Å². The van der Waals surface area contributed by atoms with Crippen molar-refractivity contribution >= 4 is 23.4 Å². The molecule has 0 radical (unpaired) electrons. The van der Waals surface area contributed by atoms with Gasteiger partial charge in [0.1, 0.15) is 12.1 Å². The molecule has 10 heteroatoms. The Balaban J connectivity index is 1.70. The van der Waals surface area contributed by atoms with Gasteiger partial charge in [0.15, 0.2) is 0 Å². The molecule has 1 saturated heterocycles. The molecule has 150 valence electrons. The number of carbonyl (C=O) groups excluding carboxylic acids is 2. The fraction of sp³-hybridized carbons (Fsp3) is 0.500. The van der Waals surface area contributed by atoms with Crippen LogP contribution in [0, 0.1) is 5.92 Å². The predicted molar refractivity (Wildman–Crippen MR) is 103 cm³/mol. The van der Waals surface area contributed by atoms with Crippen LogP contribution in [0.4, 0.5) is 0 Å². The lowest BCUT2D eigenvalue weighted by Gasteiger charge is -2.33. The molecular formula is C18H23ClN6O3. The van der Waals surface area contributed by atoms with E-state index in [0.717, 1.165) is 0 Å². The van der Waals surface area contributed by atoms with E-state index in [9.17, 15) is 9.59 Å². The van der Waals surface area contributed by atoms with E-state index in [1.165, 1.54) is 18.1 Å². The zero-order valence-electron chi connectivity index (χ0n) is 16.1. The van der Waals surface area contributed by atoms with E-state index in [1.807, 2.05) is 18.7 Å². The van der Waals surface area contributed by atoms with Crippen molar-refractivity contribution in [2.75, 3.05) is 20.2 Å². The summed E-state index contributed by atoms with van der Waals surface area (Å²) in [5, 5.41) is 14.3. The van der Waals surface area contributed by atoms with Gasteiger partial charge in [0, 0.05) is 31.1 Å². The highest BCUT2D eigenvalue weighted by atomic mass is 35.5. The van der Waals surface area contributed by atoms with Gasteiger partial charge < -0.3 is 15.0 Å². The van der Waals surface area contributed by atoms with Crippen molar-refractivity contribution in [3.63, 3.8) is 0 Å². The molecule has 3 rings (SSSR count). The third-order valence-electron chi connectivity index (χ3n) is 4.75. The minimum atomic E-state index is -0.268. The van der Waals surface area contributed by atoms with Gasteiger partial charge in [-0.3, -0.25) is 9.59 Å². The molecule has 0 spiro atoms. The first kappa shape index (κ1) is 20.1. The molecular weight excluding hydrogens is 384 g/mol. The number of likely N-dealkylation sites (tertiary alicyclic amines) is 1. The Hall–Kier alpha value is -2.68. The van der Waals surface area contributed by atoms with Crippen LogP contribution in [0.5, 0.6) is 5.75 Å². The third-order valence-corrected chi connectivity index (χ3v) is 5.05. The van der Waals surface area contributed by atoms with Crippen LogP contribution >= 0.6 is 11.6 Å². The van der Waals surface area contributed by atoms with Crippen LogP contribution in [-0.2, 0) is 4.79 Å². The Labute approximate surface area is 168 Å². The van der Waals surface area contributed by atoms with E-state index >= 15 is 0 Å². The number of methoxy groups -OCH3 is 1. The van der Waals surface area contributed by atoms with E-state index in [-0.39, 0.29) is 23.8 Å². The van der Waals surface area contributed by atoms with E-state index in [0.29, 0.717) is 48.0 Å². The monoisotopic (exact) mass is 406 g/mol. The fourth-order valence-electron chi connectivity index (χ4n) is 3.21. The molecule has 0 bridgehead atoms. The highest BCUT2D eigenvalue weighted by molar-refractivity contribution is 6.33. The van der Waals surface area contributed by atoms with E-state index in [4.69, 9.17) is 16.3 Å². The number of hydrogen-bond donors (Lipinski definition) is 1. The number of ether oxygens (including phenoxy) is 1. The number of benzene rings is 1. The number of nitrogens with zero attached hydrogens (tertiary/aromatic N) is 5. The SMILES string of the molecule is COc1cc(-n2cnnn2)c(Cl)cc1C(=O)NC1CCN(C(=O)C(C)C)CC1. The van der Waals surface area contributed by atoms with E-state index in [2.05, 4.69) is 20.8 Å². The summed E-state index contributed by atoms with van der Waals surface area (Å²) in [4.78, 5) is 26.7. The molecule has 1 N–H and O–H groups in total. The van der Waals surface area contributed by atoms with Gasteiger partial charge in [-0.05, 0) is 29.3 Å². The average Bonchev–Trinajstić information content (AvgIpc) is 3.22. The second-order valence-corrected chi connectivity index (χ2v) is 7.39. The maximum Gasteiger partial charge on any atom is 0.255 e. The van der Waals surface area contributed by atoms with Gasteiger partial charge >= 0.3 is 0 Å². The number of halogens is 1. The zero-order chi connectivity index (χ0) is 20.3. The smallest absolute Gasteiger partial charge is 0.255 e. The van der Waals surface area contributed by atoms with E-state index < -0.39 is 0 Å². The van der Waals surface area contributed by atoms with Crippen LogP contribution in [0.3, 0.4) is 0 Å². The molecule has 1 aromatic carbocycles. The molecule has 28 heavy (non-hydrogen) atoms. The van der Waals surface area contributed by atoms with Crippen LogP contribution in [0.25, 0.3) is 5.69 Å². The standard InChI is InChI=1S/C18H23ClN6O3/c1-11(2)18(27)24-6-4-12(5-7-24)21-17(26)13-8-14(19)15(9-16(13)28-3)25-10-20-22-23-25/h8-12H,4-7H2,1-3H3,(H,21,26). The van der Waals surface area contributed by atoms with Crippen LogP contribution in [0.15, 0.2) is 18.5 Å². The predicted octanol–water partition coefficient (Wildman–Crippen LogP) is 1.70. The zero-order valence-corrected chi connectivity index (χ0v) is 16.8. The van der Waals surface area contributed by atoms with Crippen LogP contribution in [0.1, 0.15) is 37.0 Å². The van der Waals surface area contributed by atoms with Crippen LogP contribution < -0.4 is 10.1 Å². The van der Waals surface area contributed by atoms with Gasteiger partial charge in [-0.15, -0.1) is 5.10 Å². The normalized spacial score (nSPS) is 15.0. The maximum atomic E-state index is 12.8. The number of tetrazole rings is 1. The lowest BCUT2D eigenvalue weighted by atomic mass is 10.0. The number of hydrogen-bond acceptors (Lipinski definition) is 6. The average molecular weight is 407 g/mol. The van der Waals surface area contributed by atoms with Crippen LogP contribution in [-0.4, -0.2) is 63.2 Å². The highest BCUT2D eigenvalue weighted by Crippen LogP contribution is 2.29. The Morgan fingerprint density at radius 2 is 2.00 bits per heavy atom. The summed E-state index contributed by atoms with van der Waals surface area (Å²) < 4.78 is 6.77. The summed E-state index contributed by atoms with van der Waals surface area (Å²) in [6.45, 7) is 5.06. The quantitative estimate of drug-likeness (QED) is 0.810. The van der Waals surface area contributed by atoms with Crippen molar-refractivity contribution in [2.24, 2.45) is 5.92 Å². The van der Waals surface area contributed by atoms with Crippen molar-refractivity contribution in [3.8, 4) is 11.4 Å². The lowest BCUT2D eigenvalue weighted by Crippen LogP contribution is -2.47. The molecule has 0 unspecified atom stereocenters. The topological polar surface area (TPSA) is 102 Å². The first-order valence-electron chi connectivity index (χ1n) is 9.11. The summed E-state index contributed by atoms with van der Waals surface area (Å²) in [7, 11) is 1.49. The molecule has 0 saturated carbocycles. The van der Waals surface area contributed by atoms with Gasteiger partial charge in [0.2, 0.25) is 5.91 Å². The van der Waals surface area contributed by atoms with Gasteiger partial charge in [-0.1, -0.05) is 25.4 Å². The Bertz CT molecular complexity index is 847. The number of nitrogens with one attached hydrogen (secondary N) is 1. The highest BCUT2D eigenvalue weighted by Gasteiger charge is 2.26. The van der Waals surface area contributed by atoms with Gasteiger partial charge in [-0.2, -0.15) is 4.68 Å². The summed E-state index contributed by atoms with van der Waals surface area (Å²) in [5.41, 5.74) is 0.852. The minimum absolute atomic E-state index is 0.00798. The second-order valence-electron chi connectivity index (χ2n) is 6.99. The number of piperidine rings is 1. The molecule has 2 amide bonds. The van der Waals surface area contributed by atoms with Gasteiger partial charge in [0.25, 0.3) is 5.91 Å². The van der Waals surface area contributed by atoms with Gasteiger partial charge in [-0.25, -0.2) is 0 Å². The summed E-state index contributed by atoms with van der Waals surface area (Å²) >= 11 is 6.32. The Morgan fingerprint density at radius 1 is 1.29 bits per heavy atom. The van der Waals surface area contributed by atoms with Crippen molar-refractivity contribution < 1.29 is 14.3 Å². The van der Waals surface area contributed by atoms with E-state index in [1.54, 1.807) is 12.1 Å². The maximum absolute atomic E-state index is 12.8. The Morgan fingerprint density at radius 3 is 2.57 bits per heavy atom. The number of aromatic nitrogens is 4. The number of rotatable bonds is 5. The molecule has 0 aliphatic carbocycles. The largest absolute Gasteiger partial charge is 0.496 e. The van der Waals surface area contributed by atoms with Crippen LogP contribution in [0.2, 0.25) is 5.02 Å². The first-order chi connectivity index (χ1) is 13.4. The molecule has 1 aliphatic heterocycles. The first-order valence-corrected chi connectivity index (χ1v) is 9.49. The minimum Gasteiger partial charge on any atom is -0.496 e. The molecule has 1 fully saturated rings.